The van der Waals surface area contributed by atoms with Crippen molar-refractivity contribution in [3.63, 3.8) is 0 Å². The molecule has 1 heterocycles. The lowest BCUT2D eigenvalue weighted by atomic mass is 10.0. The summed E-state index contributed by atoms with van der Waals surface area (Å²) in [5.74, 6) is 1.74. The molecule has 0 saturated carbocycles. The van der Waals surface area contributed by atoms with Gasteiger partial charge in [-0.1, -0.05) is 11.6 Å². The van der Waals surface area contributed by atoms with Crippen LogP contribution >= 0.6 is 0 Å². The van der Waals surface area contributed by atoms with Gasteiger partial charge >= 0.3 is 0 Å². The molecule has 3 N–H and O–H groups in total. The molecule has 0 radical (unpaired) electrons. The van der Waals surface area contributed by atoms with E-state index in [0.717, 1.165) is 34.9 Å². The Balaban J connectivity index is 2.56. The van der Waals surface area contributed by atoms with Crippen LogP contribution < -0.4 is 10.5 Å². The maximum Gasteiger partial charge on any atom is 0.128 e. The number of hydrogen-bond donors (Lipinski definition) is 2. The Kier molecular flexibility index (Phi) is 3.67. The van der Waals surface area contributed by atoms with E-state index in [1.165, 1.54) is 5.56 Å². The van der Waals surface area contributed by atoms with E-state index in [1.54, 1.807) is 7.11 Å². The summed E-state index contributed by atoms with van der Waals surface area (Å²) in [6.45, 7) is 4.61. The molecule has 0 amide bonds. The average Bonchev–Trinajstić information content (AvgIpc) is 2.71. The van der Waals surface area contributed by atoms with Crippen molar-refractivity contribution in [2.75, 3.05) is 13.7 Å². The van der Waals surface area contributed by atoms with Crippen LogP contribution in [0, 0.1) is 13.8 Å². The Hall–Kier alpha value is -1.81. The number of benzene rings is 1. The summed E-state index contributed by atoms with van der Waals surface area (Å²) in [7, 11) is 1.68. The number of rotatable bonds is 4. The van der Waals surface area contributed by atoms with Crippen molar-refractivity contribution in [2.24, 2.45) is 5.73 Å². The summed E-state index contributed by atoms with van der Waals surface area (Å²) in [6.07, 6.45) is 0.785. The first kappa shape index (κ1) is 12.6. The third-order valence-electron chi connectivity index (χ3n) is 2.90. The molecule has 1 aromatic heterocycles. The standard InChI is InChI=1S/C14H19N3O/c1-9-4-5-13(18-3)11(8-9)14-12(6-7-15)16-10(2)17-14/h4-5,8H,6-7,15H2,1-3H3,(H,16,17). The highest BCUT2D eigenvalue weighted by Crippen LogP contribution is 2.32. The van der Waals surface area contributed by atoms with Crippen LogP contribution in [0.1, 0.15) is 17.1 Å². The van der Waals surface area contributed by atoms with Gasteiger partial charge < -0.3 is 15.5 Å². The van der Waals surface area contributed by atoms with Gasteiger partial charge in [0.15, 0.2) is 0 Å². The number of methoxy groups -OCH3 is 1. The van der Waals surface area contributed by atoms with Crippen molar-refractivity contribution in [3.8, 4) is 17.0 Å². The minimum atomic E-state index is 0.600. The third-order valence-corrected chi connectivity index (χ3v) is 2.90. The molecule has 2 aromatic rings. The van der Waals surface area contributed by atoms with Gasteiger partial charge in [-0.2, -0.15) is 0 Å². The first-order chi connectivity index (χ1) is 8.65. The molecule has 0 spiro atoms. The number of imidazole rings is 1. The molecule has 0 unspecified atom stereocenters. The highest BCUT2D eigenvalue weighted by atomic mass is 16.5. The predicted molar refractivity (Wildman–Crippen MR) is 72.8 cm³/mol. The highest BCUT2D eigenvalue weighted by molar-refractivity contribution is 5.70. The normalized spacial score (nSPS) is 10.7. The minimum Gasteiger partial charge on any atom is -0.496 e. The quantitative estimate of drug-likeness (QED) is 0.868. The monoisotopic (exact) mass is 245 g/mol. The zero-order valence-corrected chi connectivity index (χ0v) is 11.1. The summed E-state index contributed by atoms with van der Waals surface area (Å²) >= 11 is 0. The van der Waals surface area contributed by atoms with E-state index in [2.05, 4.69) is 23.0 Å². The molecule has 0 aliphatic carbocycles. The molecule has 0 saturated heterocycles. The fourth-order valence-electron chi connectivity index (χ4n) is 2.10. The van der Waals surface area contributed by atoms with Crippen LogP contribution in [0.5, 0.6) is 5.75 Å². The number of hydrogen-bond acceptors (Lipinski definition) is 3. The largest absolute Gasteiger partial charge is 0.496 e. The molecule has 96 valence electrons. The first-order valence-corrected chi connectivity index (χ1v) is 6.06. The molecule has 18 heavy (non-hydrogen) atoms. The molecule has 0 aliphatic heterocycles. The molecular weight excluding hydrogens is 226 g/mol. The van der Waals surface area contributed by atoms with Crippen LogP contribution in [-0.2, 0) is 6.42 Å². The van der Waals surface area contributed by atoms with Crippen molar-refractivity contribution in [1.29, 1.82) is 0 Å². The number of ether oxygens (including phenoxy) is 1. The predicted octanol–water partition coefficient (Wildman–Crippen LogP) is 2.20. The van der Waals surface area contributed by atoms with Crippen LogP contribution in [0.3, 0.4) is 0 Å². The second-order valence-electron chi connectivity index (χ2n) is 4.39. The maximum absolute atomic E-state index is 5.64. The zero-order chi connectivity index (χ0) is 13.1. The van der Waals surface area contributed by atoms with E-state index < -0.39 is 0 Å². The Labute approximate surface area is 107 Å². The van der Waals surface area contributed by atoms with Gasteiger partial charge in [-0.25, -0.2) is 4.98 Å². The summed E-state index contributed by atoms with van der Waals surface area (Å²) in [5.41, 5.74) is 9.85. The van der Waals surface area contributed by atoms with Gasteiger partial charge in [0.2, 0.25) is 0 Å². The van der Waals surface area contributed by atoms with Crippen molar-refractivity contribution < 1.29 is 4.74 Å². The van der Waals surface area contributed by atoms with E-state index in [-0.39, 0.29) is 0 Å². The number of aromatic nitrogens is 2. The van der Waals surface area contributed by atoms with Gasteiger partial charge in [-0.3, -0.25) is 0 Å². The molecule has 2 rings (SSSR count). The molecular formula is C14H19N3O. The Morgan fingerprint density at radius 1 is 1.33 bits per heavy atom. The van der Waals surface area contributed by atoms with Crippen LogP contribution in [0.4, 0.5) is 0 Å². The lowest BCUT2D eigenvalue weighted by Crippen LogP contribution is -2.04. The summed E-state index contributed by atoms with van der Waals surface area (Å²) in [4.78, 5) is 7.83. The number of aromatic amines is 1. The van der Waals surface area contributed by atoms with Crippen LogP contribution in [-0.4, -0.2) is 23.6 Å². The van der Waals surface area contributed by atoms with Gasteiger partial charge in [0, 0.05) is 17.7 Å². The number of aryl methyl sites for hydroxylation is 2. The van der Waals surface area contributed by atoms with E-state index in [9.17, 15) is 0 Å². The molecule has 0 bridgehead atoms. The number of nitrogens with one attached hydrogen (secondary N) is 1. The van der Waals surface area contributed by atoms with Crippen molar-refractivity contribution in [3.05, 3.63) is 35.3 Å². The lowest BCUT2D eigenvalue weighted by Gasteiger charge is -2.09. The highest BCUT2D eigenvalue weighted by Gasteiger charge is 2.14. The number of nitrogens with two attached hydrogens (primary N) is 1. The van der Waals surface area contributed by atoms with Crippen molar-refractivity contribution in [2.45, 2.75) is 20.3 Å². The molecule has 4 nitrogen and oxygen atoms in total. The van der Waals surface area contributed by atoms with Gasteiger partial charge in [-0.05, 0) is 32.5 Å². The lowest BCUT2D eigenvalue weighted by molar-refractivity contribution is 0.416. The van der Waals surface area contributed by atoms with E-state index in [4.69, 9.17) is 10.5 Å². The van der Waals surface area contributed by atoms with Crippen LogP contribution in [0.25, 0.3) is 11.3 Å². The smallest absolute Gasteiger partial charge is 0.128 e. The summed E-state index contributed by atoms with van der Waals surface area (Å²) in [6, 6.07) is 6.10. The van der Waals surface area contributed by atoms with Gasteiger partial charge in [0.25, 0.3) is 0 Å². The average molecular weight is 245 g/mol. The van der Waals surface area contributed by atoms with Crippen LogP contribution in [0.2, 0.25) is 0 Å². The first-order valence-electron chi connectivity index (χ1n) is 6.06. The topological polar surface area (TPSA) is 63.9 Å². The van der Waals surface area contributed by atoms with E-state index >= 15 is 0 Å². The molecule has 0 atom stereocenters. The van der Waals surface area contributed by atoms with E-state index in [0.29, 0.717) is 6.54 Å². The second kappa shape index (κ2) is 5.23. The third kappa shape index (κ3) is 2.38. The Morgan fingerprint density at radius 3 is 2.78 bits per heavy atom. The SMILES string of the molecule is COc1ccc(C)cc1-c1nc(C)[nH]c1CCN. The van der Waals surface area contributed by atoms with Crippen molar-refractivity contribution in [1.82, 2.24) is 9.97 Å². The summed E-state index contributed by atoms with van der Waals surface area (Å²) in [5, 5.41) is 0. The molecule has 1 aromatic carbocycles. The molecule has 0 aliphatic rings. The number of H-pyrrole nitrogens is 1. The second-order valence-corrected chi connectivity index (χ2v) is 4.39. The van der Waals surface area contributed by atoms with Crippen LogP contribution in [0.15, 0.2) is 18.2 Å². The number of nitrogens with zero attached hydrogens (tertiary/aromatic N) is 1. The summed E-state index contributed by atoms with van der Waals surface area (Å²) < 4.78 is 5.41. The minimum absolute atomic E-state index is 0.600. The fraction of sp³-hybridized carbons (Fsp3) is 0.357. The zero-order valence-electron chi connectivity index (χ0n) is 11.1. The van der Waals surface area contributed by atoms with Gasteiger partial charge in [-0.15, -0.1) is 0 Å². The van der Waals surface area contributed by atoms with Crippen molar-refractivity contribution >= 4 is 0 Å². The Bertz CT molecular complexity index is 546. The fourth-order valence-corrected chi connectivity index (χ4v) is 2.10. The van der Waals surface area contributed by atoms with Gasteiger partial charge in [0.1, 0.15) is 11.6 Å². The maximum atomic E-state index is 5.64. The molecule has 4 heteroatoms. The van der Waals surface area contributed by atoms with E-state index in [1.807, 2.05) is 19.1 Å². The molecule has 0 fully saturated rings. The van der Waals surface area contributed by atoms with Gasteiger partial charge in [0.05, 0.1) is 12.8 Å². The Morgan fingerprint density at radius 2 is 2.11 bits per heavy atom.